The first-order valence-electron chi connectivity index (χ1n) is 6.75. The van der Waals surface area contributed by atoms with Gasteiger partial charge in [0, 0.05) is 18.7 Å². The zero-order chi connectivity index (χ0) is 15.8. The van der Waals surface area contributed by atoms with Gasteiger partial charge in [-0.2, -0.15) is 8.70 Å². The maximum absolute atomic E-state index is 13.5. The number of hydrogen-bond donors (Lipinski definition) is 0. The van der Waals surface area contributed by atoms with Gasteiger partial charge in [0.15, 0.2) is 0 Å². The lowest BCUT2D eigenvalue weighted by molar-refractivity contribution is -0.387. The fourth-order valence-electron chi connectivity index (χ4n) is 2.27. The average Bonchev–Trinajstić information content (AvgIpc) is 3.18. The third kappa shape index (κ3) is 3.06. The highest BCUT2D eigenvalue weighted by Crippen LogP contribution is 2.34. The molecule has 6 nitrogen and oxygen atoms in total. The van der Waals surface area contributed by atoms with Gasteiger partial charge in [0.1, 0.15) is 0 Å². The molecule has 0 spiro atoms. The third-order valence-electron chi connectivity index (χ3n) is 3.43. The van der Waals surface area contributed by atoms with Crippen molar-refractivity contribution in [3.05, 3.63) is 33.6 Å². The summed E-state index contributed by atoms with van der Waals surface area (Å²) < 4.78 is 40.3. The van der Waals surface area contributed by atoms with Crippen molar-refractivity contribution in [3.63, 3.8) is 0 Å². The van der Waals surface area contributed by atoms with Crippen LogP contribution in [0.2, 0.25) is 0 Å². The summed E-state index contributed by atoms with van der Waals surface area (Å²) >= 11 is 0. The smallest absolute Gasteiger partial charge is 0.258 e. The Morgan fingerprint density at radius 3 is 2.52 bits per heavy atom. The van der Waals surface area contributed by atoms with Crippen LogP contribution in [0.1, 0.15) is 31.7 Å². The van der Waals surface area contributed by atoms with Crippen LogP contribution in [0.4, 0.5) is 10.1 Å². The summed E-state index contributed by atoms with van der Waals surface area (Å²) in [5.74, 6) is -1.02. The van der Waals surface area contributed by atoms with Gasteiger partial charge >= 0.3 is 5.69 Å². The van der Waals surface area contributed by atoms with E-state index in [1.807, 2.05) is 6.92 Å². The Labute approximate surface area is 122 Å². The second-order valence-corrected chi connectivity index (χ2v) is 7.03. The Bertz CT molecular complexity index is 671. The minimum absolute atomic E-state index is 0.0431. The van der Waals surface area contributed by atoms with Gasteiger partial charge in [-0.05, 0) is 37.8 Å². The maximum Gasteiger partial charge on any atom is 0.306 e. The summed E-state index contributed by atoms with van der Waals surface area (Å²) in [5, 5.41) is 10.8. The number of rotatable bonds is 6. The van der Waals surface area contributed by atoms with Crippen LogP contribution in [0.3, 0.4) is 0 Å². The van der Waals surface area contributed by atoms with E-state index in [0.717, 1.165) is 25.0 Å². The van der Waals surface area contributed by atoms with E-state index in [2.05, 4.69) is 0 Å². The molecule has 0 aliphatic heterocycles. The van der Waals surface area contributed by atoms with Gasteiger partial charge in [-0.25, -0.2) is 8.42 Å². The van der Waals surface area contributed by atoms with Gasteiger partial charge in [-0.15, -0.1) is 0 Å². The highest BCUT2D eigenvalue weighted by atomic mass is 32.2. The van der Waals surface area contributed by atoms with Crippen LogP contribution in [0, 0.1) is 22.9 Å². The number of nitrogens with zero attached hydrogens (tertiary/aromatic N) is 2. The highest BCUT2D eigenvalue weighted by molar-refractivity contribution is 7.89. The van der Waals surface area contributed by atoms with E-state index < -0.39 is 26.5 Å². The van der Waals surface area contributed by atoms with Gasteiger partial charge in [-0.1, -0.05) is 6.92 Å². The fraction of sp³-hybridized carbons (Fsp3) is 0.538. The van der Waals surface area contributed by atoms with E-state index >= 15 is 0 Å². The van der Waals surface area contributed by atoms with Gasteiger partial charge in [0.25, 0.3) is 0 Å². The average molecular weight is 316 g/mol. The highest BCUT2D eigenvalue weighted by Gasteiger charge is 2.39. The summed E-state index contributed by atoms with van der Waals surface area (Å²) in [4.78, 5) is 9.72. The number of hydrogen-bond acceptors (Lipinski definition) is 4. The van der Waals surface area contributed by atoms with Crippen LogP contribution in [0.25, 0.3) is 0 Å². The van der Waals surface area contributed by atoms with Crippen LogP contribution >= 0.6 is 0 Å². The Morgan fingerprint density at radius 1 is 1.43 bits per heavy atom. The molecule has 2 rings (SSSR count). The van der Waals surface area contributed by atoms with Crippen LogP contribution in [0.15, 0.2) is 17.0 Å². The first-order chi connectivity index (χ1) is 9.78. The molecule has 0 bridgehead atoms. The first kappa shape index (κ1) is 15.8. The van der Waals surface area contributed by atoms with E-state index in [1.54, 1.807) is 0 Å². The number of nitro groups is 1. The molecule has 0 unspecified atom stereocenters. The predicted octanol–water partition coefficient (Wildman–Crippen LogP) is 2.61. The lowest BCUT2D eigenvalue weighted by Gasteiger charge is -2.22. The van der Waals surface area contributed by atoms with Crippen molar-refractivity contribution >= 4 is 15.7 Å². The zero-order valence-corrected chi connectivity index (χ0v) is 12.7. The standard InChI is InChI=1S/C13H17FN2O4S/c1-3-6-15(10-4-5-10)21(19,20)13-8-12(16(17)18)11(14)7-9(13)2/h7-8,10H,3-6H2,1-2H3. The molecule has 1 saturated carbocycles. The molecular formula is C13H17FN2O4S. The van der Waals surface area contributed by atoms with E-state index in [0.29, 0.717) is 13.0 Å². The minimum atomic E-state index is -3.84. The number of aryl methyl sites for hydroxylation is 1. The van der Waals surface area contributed by atoms with Crippen LogP contribution in [-0.2, 0) is 10.0 Å². The molecule has 0 amide bonds. The maximum atomic E-state index is 13.5. The van der Waals surface area contributed by atoms with Gasteiger partial charge < -0.3 is 0 Å². The van der Waals surface area contributed by atoms with E-state index in [9.17, 15) is 22.9 Å². The van der Waals surface area contributed by atoms with Crippen LogP contribution in [0.5, 0.6) is 0 Å². The second-order valence-electron chi connectivity index (χ2n) is 5.17. The molecule has 0 radical (unpaired) electrons. The largest absolute Gasteiger partial charge is 0.306 e. The summed E-state index contributed by atoms with van der Waals surface area (Å²) in [6.45, 7) is 3.67. The monoisotopic (exact) mass is 316 g/mol. The minimum Gasteiger partial charge on any atom is -0.258 e. The molecule has 0 N–H and O–H groups in total. The Balaban J connectivity index is 2.53. The second kappa shape index (κ2) is 5.69. The van der Waals surface area contributed by atoms with Crippen molar-refractivity contribution < 1.29 is 17.7 Å². The molecule has 1 aliphatic rings. The van der Waals surface area contributed by atoms with Gasteiger partial charge in [-0.3, -0.25) is 10.1 Å². The number of sulfonamides is 1. The molecular weight excluding hydrogens is 299 g/mol. The van der Waals surface area contributed by atoms with E-state index in [4.69, 9.17) is 0 Å². The van der Waals surface area contributed by atoms with E-state index in [1.165, 1.54) is 11.2 Å². The van der Waals surface area contributed by atoms with Crippen molar-refractivity contribution in [3.8, 4) is 0 Å². The Kier molecular flexibility index (Phi) is 4.29. The Morgan fingerprint density at radius 2 is 2.05 bits per heavy atom. The molecule has 1 fully saturated rings. The van der Waals surface area contributed by atoms with Crippen LogP contribution in [-0.4, -0.2) is 30.2 Å². The topological polar surface area (TPSA) is 80.5 Å². The molecule has 0 aromatic heterocycles. The molecule has 0 heterocycles. The van der Waals surface area contributed by atoms with Crippen molar-refractivity contribution in [1.82, 2.24) is 4.31 Å². The molecule has 0 saturated heterocycles. The fourth-order valence-corrected chi connectivity index (χ4v) is 4.27. The quantitative estimate of drug-likeness (QED) is 0.597. The lowest BCUT2D eigenvalue weighted by atomic mass is 10.2. The summed E-state index contributed by atoms with van der Waals surface area (Å²) in [5.41, 5.74) is -0.633. The summed E-state index contributed by atoms with van der Waals surface area (Å²) in [6, 6.07) is 1.69. The number of benzene rings is 1. The lowest BCUT2D eigenvalue weighted by Crippen LogP contribution is -2.34. The Hall–Kier alpha value is -1.54. The molecule has 0 atom stereocenters. The summed E-state index contributed by atoms with van der Waals surface area (Å²) in [7, 11) is -3.84. The molecule has 1 aliphatic carbocycles. The number of nitro benzene ring substituents is 1. The van der Waals surface area contributed by atoms with E-state index in [-0.39, 0.29) is 16.5 Å². The van der Waals surface area contributed by atoms with Crippen molar-refractivity contribution in [2.75, 3.05) is 6.54 Å². The molecule has 21 heavy (non-hydrogen) atoms. The third-order valence-corrected chi connectivity index (χ3v) is 5.52. The van der Waals surface area contributed by atoms with Crippen molar-refractivity contribution in [1.29, 1.82) is 0 Å². The van der Waals surface area contributed by atoms with Crippen molar-refractivity contribution in [2.24, 2.45) is 0 Å². The van der Waals surface area contributed by atoms with Gasteiger partial charge in [0.05, 0.1) is 9.82 Å². The predicted molar refractivity (Wildman–Crippen MR) is 75.0 cm³/mol. The zero-order valence-electron chi connectivity index (χ0n) is 11.9. The molecule has 1 aromatic rings. The molecule has 116 valence electrons. The first-order valence-corrected chi connectivity index (χ1v) is 8.19. The normalized spacial score (nSPS) is 15.4. The van der Waals surface area contributed by atoms with Crippen molar-refractivity contribution in [2.45, 2.75) is 44.0 Å². The molecule has 8 heteroatoms. The summed E-state index contributed by atoms with van der Waals surface area (Å²) in [6.07, 6.45) is 2.24. The number of halogens is 1. The molecule has 1 aromatic carbocycles. The van der Waals surface area contributed by atoms with Gasteiger partial charge in [0.2, 0.25) is 15.8 Å². The van der Waals surface area contributed by atoms with Crippen LogP contribution < -0.4 is 0 Å². The SMILES string of the molecule is CCCN(C1CC1)S(=O)(=O)c1cc([N+](=O)[O-])c(F)cc1C.